The molecule has 0 radical (unpaired) electrons. The number of aryl methyl sites for hydroxylation is 1. The van der Waals surface area contributed by atoms with Gasteiger partial charge in [-0.15, -0.1) is 11.3 Å². The van der Waals surface area contributed by atoms with Crippen LogP contribution in [0.2, 0.25) is 0 Å². The number of piperazine rings is 1. The number of para-hydroxylation sites is 1. The standard InChI is InChI=1S/C22H29N3O3S2/c1-18-5-2-3-7-21(18)24-11-9-23(10-12-24)16-22(26)25(15-20-6-4-13-29-20)19-8-14-30(27,28)17-19/h2-7,13,19H,8-12,14-17H2,1H3/t19-/m0/s1. The summed E-state index contributed by atoms with van der Waals surface area (Å²) in [5, 5.41) is 1.99. The van der Waals surface area contributed by atoms with Crippen molar-refractivity contribution in [3.8, 4) is 0 Å². The average Bonchev–Trinajstić information content (AvgIpc) is 3.36. The second-order valence-corrected chi connectivity index (χ2v) is 11.5. The average molecular weight is 448 g/mol. The van der Waals surface area contributed by atoms with Crippen molar-refractivity contribution in [1.82, 2.24) is 9.80 Å². The highest BCUT2D eigenvalue weighted by Crippen LogP contribution is 2.23. The number of hydrogen-bond donors (Lipinski definition) is 0. The van der Waals surface area contributed by atoms with Gasteiger partial charge in [0.05, 0.1) is 24.6 Å². The number of anilines is 1. The third-order valence-electron chi connectivity index (χ3n) is 6.06. The molecule has 6 nitrogen and oxygen atoms in total. The van der Waals surface area contributed by atoms with Crippen molar-refractivity contribution in [2.45, 2.75) is 25.9 Å². The maximum atomic E-state index is 13.2. The molecule has 2 aromatic rings. The first-order valence-corrected chi connectivity index (χ1v) is 13.2. The lowest BCUT2D eigenvalue weighted by Crippen LogP contribution is -2.51. The van der Waals surface area contributed by atoms with Gasteiger partial charge in [0.2, 0.25) is 5.91 Å². The summed E-state index contributed by atoms with van der Waals surface area (Å²) in [4.78, 5) is 20.7. The van der Waals surface area contributed by atoms with Crippen LogP contribution in [0.1, 0.15) is 16.9 Å². The van der Waals surface area contributed by atoms with Crippen molar-refractivity contribution in [3.05, 3.63) is 52.2 Å². The quantitative estimate of drug-likeness (QED) is 0.681. The van der Waals surface area contributed by atoms with Gasteiger partial charge in [-0.1, -0.05) is 24.3 Å². The fourth-order valence-electron chi connectivity index (χ4n) is 4.36. The minimum atomic E-state index is -3.04. The molecule has 2 aliphatic rings. The van der Waals surface area contributed by atoms with Crippen molar-refractivity contribution >= 4 is 32.8 Å². The molecule has 1 aromatic carbocycles. The van der Waals surface area contributed by atoms with E-state index in [2.05, 4.69) is 41.0 Å². The topological polar surface area (TPSA) is 60.9 Å². The van der Waals surface area contributed by atoms with Crippen molar-refractivity contribution in [1.29, 1.82) is 0 Å². The summed E-state index contributed by atoms with van der Waals surface area (Å²) in [5.41, 5.74) is 2.53. The lowest BCUT2D eigenvalue weighted by atomic mass is 10.1. The summed E-state index contributed by atoms with van der Waals surface area (Å²) in [6.07, 6.45) is 0.542. The Morgan fingerprint density at radius 1 is 1.13 bits per heavy atom. The molecular weight excluding hydrogens is 418 g/mol. The Hall–Kier alpha value is -1.90. The smallest absolute Gasteiger partial charge is 0.237 e. The molecule has 3 heterocycles. The van der Waals surface area contributed by atoms with Gasteiger partial charge in [0.1, 0.15) is 0 Å². The Morgan fingerprint density at radius 3 is 2.53 bits per heavy atom. The van der Waals surface area contributed by atoms with Crippen molar-refractivity contribution in [2.75, 3.05) is 49.1 Å². The van der Waals surface area contributed by atoms with Crippen LogP contribution in [0.15, 0.2) is 41.8 Å². The molecule has 1 atom stereocenters. The lowest BCUT2D eigenvalue weighted by molar-refractivity contribution is -0.135. The minimum Gasteiger partial charge on any atom is -0.369 e. The van der Waals surface area contributed by atoms with Gasteiger partial charge >= 0.3 is 0 Å². The molecule has 1 aromatic heterocycles. The molecule has 30 heavy (non-hydrogen) atoms. The van der Waals surface area contributed by atoms with E-state index in [1.165, 1.54) is 11.3 Å². The van der Waals surface area contributed by atoms with E-state index in [9.17, 15) is 13.2 Å². The maximum absolute atomic E-state index is 13.2. The van der Waals surface area contributed by atoms with Gasteiger partial charge in [0.15, 0.2) is 9.84 Å². The number of sulfone groups is 1. The molecule has 0 N–H and O–H groups in total. The van der Waals surface area contributed by atoms with Crippen LogP contribution in [0.25, 0.3) is 0 Å². The normalized spacial score (nSPS) is 21.6. The zero-order valence-electron chi connectivity index (χ0n) is 17.4. The predicted octanol–water partition coefficient (Wildman–Crippen LogP) is 2.39. The maximum Gasteiger partial charge on any atom is 0.237 e. The molecule has 2 aliphatic heterocycles. The summed E-state index contributed by atoms with van der Waals surface area (Å²) < 4.78 is 24.0. The second-order valence-electron chi connectivity index (χ2n) is 8.21. The first-order valence-electron chi connectivity index (χ1n) is 10.5. The third-order valence-corrected chi connectivity index (χ3v) is 8.67. The summed E-state index contributed by atoms with van der Waals surface area (Å²) in [7, 11) is -3.04. The molecule has 0 unspecified atom stereocenters. The van der Waals surface area contributed by atoms with Crippen LogP contribution in [-0.2, 0) is 21.2 Å². The van der Waals surface area contributed by atoms with E-state index < -0.39 is 9.84 Å². The van der Waals surface area contributed by atoms with E-state index >= 15 is 0 Å². The van der Waals surface area contributed by atoms with Crippen molar-refractivity contribution in [2.24, 2.45) is 0 Å². The monoisotopic (exact) mass is 447 g/mol. The molecule has 1 amide bonds. The van der Waals surface area contributed by atoms with Gasteiger partial charge in [-0.2, -0.15) is 0 Å². The van der Waals surface area contributed by atoms with E-state index in [0.29, 0.717) is 19.5 Å². The van der Waals surface area contributed by atoms with Crippen molar-refractivity contribution in [3.63, 3.8) is 0 Å². The van der Waals surface area contributed by atoms with Crippen LogP contribution < -0.4 is 4.90 Å². The fraction of sp³-hybridized carbons (Fsp3) is 0.500. The second kappa shape index (κ2) is 9.08. The SMILES string of the molecule is Cc1ccccc1N1CCN(CC(=O)N(Cc2cccs2)[C@H]2CCS(=O)(=O)C2)CC1. The summed E-state index contributed by atoms with van der Waals surface area (Å²) in [6.45, 7) is 6.42. The molecule has 2 fully saturated rings. The first-order chi connectivity index (χ1) is 14.4. The lowest BCUT2D eigenvalue weighted by Gasteiger charge is -2.38. The minimum absolute atomic E-state index is 0.0369. The van der Waals surface area contributed by atoms with Crippen LogP contribution >= 0.6 is 11.3 Å². The van der Waals surface area contributed by atoms with E-state index in [-0.39, 0.29) is 23.5 Å². The van der Waals surface area contributed by atoms with Crippen LogP contribution in [0.3, 0.4) is 0 Å². The molecule has 0 spiro atoms. The molecule has 8 heteroatoms. The Morgan fingerprint density at radius 2 is 1.90 bits per heavy atom. The van der Waals surface area contributed by atoms with E-state index in [0.717, 1.165) is 31.1 Å². The van der Waals surface area contributed by atoms with E-state index in [1.54, 1.807) is 11.3 Å². The van der Waals surface area contributed by atoms with Gasteiger partial charge < -0.3 is 9.80 Å². The van der Waals surface area contributed by atoms with Crippen molar-refractivity contribution < 1.29 is 13.2 Å². The molecule has 162 valence electrons. The Kier molecular flexibility index (Phi) is 6.46. The van der Waals surface area contributed by atoms with Gasteiger partial charge in [0, 0.05) is 42.8 Å². The molecule has 0 bridgehead atoms. The van der Waals surface area contributed by atoms with Gasteiger partial charge in [0.25, 0.3) is 0 Å². The largest absolute Gasteiger partial charge is 0.369 e. The number of rotatable bonds is 6. The zero-order chi connectivity index (χ0) is 21.1. The van der Waals surface area contributed by atoms with Crippen LogP contribution in [0, 0.1) is 6.92 Å². The number of carbonyl (C=O) groups is 1. The Labute approximate surface area is 183 Å². The summed E-state index contributed by atoms with van der Waals surface area (Å²) >= 11 is 1.61. The first kappa shape index (κ1) is 21.3. The number of amides is 1. The van der Waals surface area contributed by atoms with Crippen LogP contribution in [0.5, 0.6) is 0 Å². The van der Waals surface area contributed by atoms with E-state index in [4.69, 9.17) is 0 Å². The predicted molar refractivity (Wildman–Crippen MR) is 122 cm³/mol. The van der Waals surface area contributed by atoms with Gasteiger partial charge in [-0.25, -0.2) is 8.42 Å². The zero-order valence-corrected chi connectivity index (χ0v) is 19.0. The molecule has 4 rings (SSSR count). The third kappa shape index (κ3) is 5.04. The Balaban J connectivity index is 1.38. The van der Waals surface area contributed by atoms with Gasteiger partial charge in [-0.3, -0.25) is 9.69 Å². The summed E-state index contributed by atoms with van der Waals surface area (Å²) in [6, 6.07) is 12.2. The number of nitrogens with zero attached hydrogens (tertiary/aromatic N) is 3. The van der Waals surface area contributed by atoms with E-state index in [1.807, 2.05) is 22.4 Å². The van der Waals surface area contributed by atoms with Crippen LogP contribution in [0.4, 0.5) is 5.69 Å². The number of carbonyl (C=O) groups excluding carboxylic acids is 1. The number of thiophene rings is 1. The molecule has 0 aliphatic carbocycles. The molecule has 2 saturated heterocycles. The number of hydrogen-bond acceptors (Lipinski definition) is 6. The highest BCUT2D eigenvalue weighted by Gasteiger charge is 2.35. The molecular formula is C22H29N3O3S2. The highest BCUT2D eigenvalue weighted by atomic mass is 32.2. The highest BCUT2D eigenvalue weighted by molar-refractivity contribution is 7.91. The summed E-state index contributed by atoms with van der Waals surface area (Å²) in [5.74, 6) is 0.307. The van der Waals surface area contributed by atoms with Crippen LogP contribution in [-0.4, -0.2) is 74.4 Å². The molecule has 0 saturated carbocycles. The Bertz CT molecular complexity index is 967. The van der Waals surface area contributed by atoms with Gasteiger partial charge in [-0.05, 0) is 36.4 Å². The number of benzene rings is 1. The fourth-order valence-corrected chi connectivity index (χ4v) is 6.79.